The summed E-state index contributed by atoms with van der Waals surface area (Å²) in [6.07, 6.45) is 2.68. The van der Waals surface area contributed by atoms with Crippen molar-refractivity contribution in [3.05, 3.63) is 35.4 Å². The van der Waals surface area contributed by atoms with E-state index in [2.05, 4.69) is 50.4 Å². The van der Waals surface area contributed by atoms with Gasteiger partial charge in [0.1, 0.15) is 0 Å². The van der Waals surface area contributed by atoms with Gasteiger partial charge in [0, 0.05) is 12.0 Å². The minimum atomic E-state index is 0.417. The van der Waals surface area contributed by atoms with E-state index >= 15 is 0 Å². The Morgan fingerprint density at radius 1 is 1.31 bits per heavy atom. The second-order valence-electron chi connectivity index (χ2n) is 5.39. The molecule has 1 aliphatic carbocycles. The summed E-state index contributed by atoms with van der Waals surface area (Å²) in [5, 5.41) is 3.54. The molecule has 1 aromatic carbocycles. The maximum atomic E-state index is 3.54. The summed E-state index contributed by atoms with van der Waals surface area (Å²) in [6, 6.07) is 8.88. The summed E-state index contributed by atoms with van der Waals surface area (Å²) in [6.45, 7) is 9.00. The zero-order valence-electron chi connectivity index (χ0n) is 10.7. The second kappa shape index (κ2) is 4.58. The lowest BCUT2D eigenvalue weighted by atomic mass is 9.58. The van der Waals surface area contributed by atoms with Crippen molar-refractivity contribution in [2.24, 2.45) is 5.92 Å². The Morgan fingerprint density at radius 2 is 2.00 bits per heavy atom. The lowest BCUT2D eigenvalue weighted by Gasteiger charge is -2.48. The van der Waals surface area contributed by atoms with Crippen molar-refractivity contribution < 1.29 is 0 Å². The molecule has 1 aliphatic rings. The average molecular weight is 217 g/mol. The van der Waals surface area contributed by atoms with Gasteiger partial charge >= 0.3 is 0 Å². The van der Waals surface area contributed by atoms with E-state index < -0.39 is 0 Å². The molecule has 1 heteroatoms. The highest BCUT2D eigenvalue weighted by atomic mass is 14.9. The predicted molar refractivity (Wildman–Crippen MR) is 69.8 cm³/mol. The van der Waals surface area contributed by atoms with E-state index in [1.807, 2.05) is 0 Å². The molecule has 1 fully saturated rings. The molecule has 0 radical (unpaired) electrons. The molecule has 1 nitrogen and oxygen atoms in total. The molecule has 0 heterocycles. The third kappa shape index (κ3) is 2.01. The Bertz CT molecular complexity index is 350. The molecule has 2 rings (SSSR count). The van der Waals surface area contributed by atoms with Crippen LogP contribution < -0.4 is 5.32 Å². The molecule has 0 aliphatic heterocycles. The Morgan fingerprint density at radius 3 is 2.56 bits per heavy atom. The molecule has 0 aromatic heterocycles. The molecular formula is C15H23N. The fourth-order valence-corrected chi connectivity index (χ4v) is 3.27. The van der Waals surface area contributed by atoms with E-state index in [4.69, 9.17) is 0 Å². The van der Waals surface area contributed by atoms with Crippen LogP contribution in [0.2, 0.25) is 0 Å². The van der Waals surface area contributed by atoms with Crippen molar-refractivity contribution in [2.75, 3.05) is 13.1 Å². The molecule has 0 atom stereocenters. The van der Waals surface area contributed by atoms with Crippen LogP contribution in [0.25, 0.3) is 0 Å². The first-order valence-electron chi connectivity index (χ1n) is 6.45. The van der Waals surface area contributed by atoms with Crippen LogP contribution in [0.5, 0.6) is 0 Å². The first-order valence-corrected chi connectivity index (χ1v) is 6.45. The third-order valence-corrected chi connectivity index (χ3v) is 3.91. The van der Waals surface area contributed by atoms with E-state index in [9.17, 15) is 0 Å². The van der Waals surface area contributed by atoms with E-state index in [1.54, 1.807) is 5.56 Å². The number of likely N-dealkylation sites (N-methyl/N-ethyl adjacent to an activating group) is 1. The van der Waals surface area contributed by atoms with Gasteiger partial charge in [-0.1, -0.05) is 38.1 Å². The van der Waals surface area contributed by atoms with Crippen molar-refractivity contribution in [3.8, 4) is 0 Å². The highest BCUT2D eigenvalue weighted by Crippen LogP contribution is 2.48. The molecule has 88 valence electrons. The quantitative estimate of drug-likeness (QED) is 0.816. The van der Waals surface area contributed by atoms with Crippen LogP contribution in [0.4, 0.5) is 0 Å². The van der Waals surface area contributed by atoms with E-state index in [0.717, 1.165) is 19.0 Å². The molecule has 0 spiro atoms. The van der Waals surface area contributed by atoms with Crippen molar-refractivity contribution in [1.82, 2.24) is 5.32 Å². The SMILES string of the molecule is CCNCC1(c2ccccc2C)CC(C)C1. The number of hydrogen-bond donors (Lipinski definition) is 1. The standard InChI is InChI=1S/C15H23N/c1-4-16-11-15(9-12(2)10-15)14-8-6-5-7-13(14)3/h5-8,12,16H,4,9-11H2,1-3H3. The maximum absolute atomic E-state index is 3.54. The van der Waals surface area contributed by atoms with Crippen LogP contribution in [0.3, 0.4) is 0 Å². The topological polar surface area (TPSA) is 12.0 Å². The van der Waals surface area contributed by atoms with E-state index in [-0.39, 0.29) is 0 Å². The lowest BCUT2D eigenvalue weighted by Crippen LogP contribution is -2.48. The van der Waals surface area contributed by atoms with Crippen molar-refractivity contribution in [3.63, 3.8) is 0 Å². The Hall–Kier alpha value is -0.820. The van der Waals surface area contributed by atoms with Crippen LogP contribution >= 0.6 is 0 Å². The summed E-state index contributed by atoms with van der Waals surface area (Å²) < 4.78 is 0. The first kappa shape index (κ1) is 11.7. The first-order chi connectivity index (χ1) is 7.68. The number of nitrogens with one attached hydrogen (secondary N) is 1. The summed E-state index contributed by atoms with van der Waals surface area (Å²) in [5.41, 5.74) is 3.43. The van der Waals surface area contributed by atoms with E-state index in [0.29, 0.717) is 5.41 Å². The summed E-state index contributed by atoms with van der Waals surface area (Å²) in [7, 11) is 0. The zero-order chi connectivity index (χ0) is 11.6. The van der Waals surface area contributed by atoms with Gasteiger partial charge in [0.2, 0.25) is 0 Å². The third-order valence-electron chi connectivity index (χ3n) is 3.91. The minimum absolute atomic E-state index is 0.417. The number of benzene rings is 1. The van der Waals surface area contributed by atoms with Gasteiger partial charge in [0.05, 0.1) is 0 Å². The molecule has 0 saturated heterocycles. The molecule has 1 saturated carbocycles. The molecule has 1 aromatic rings. The zero-order valence-corrected chi connectivity index (χ0v) is 10.7. The molecule has 0 bridgehead atoms. The van der Waals surface area contributed by atoms with Gasteiger partial charge in [-0.2, -0.15) is 0 Å². The van der Waals surface area contributed by atoms with Crippen LogP contribution in [-0.4, -0.2) is 13.1 Å². The number of rotatable bonds is 4. The monoisotopic (exact) mass is 217 g/mol. The summed E-state index contributed by atoms with van der Waals surface area (Å²) >= 11 is 0. The average Bonchev–Trinajstić information content (AvgIpc) is 2.23. The fourth-order valence-electron chi connectivity index (χ4n) is 3.27. The van der Waals surface area contributed by atoms with Crippen molar-refractivity contribution in [1.29, 1.82) is 0 Å². The highest BCUT2D eigenvalue weighted by Gasteiger charge is 2.43. The van der Waals surface area contributed by atoms with Gasteiger partial charge in [-0.05, 0) is 43.4 Å². The second-order valence-corrected chi connectivity index (χ2v) is 5.39. The molecule has 0 amide bonds. The van der Waals surface area contributed by atoms with Crippen LogP contribution in [0, 0.1) is 12.8 Å². The van der Waals surface area contributed by atoms with Gasteiger partial charge in [-0.3, -0.25) is 0 Å². The van der Waals surface area contributed by atoms with Gasteiger partial charge in [-0.25, -0.2) is 0 Å². The Labute approximate surface area is 99.3 Å². The predicted octanol–water partition coefficient (Wildman–Crippen LogP) is 3.27. The summed E-state index contributed by atoms with van der Waals surface area (Å²) in [4.78, 5) is 0. The summed E-state index contributed by atoms with van der Waals surface area (Å²) in [5.74, 6) is 0.887. The van der Waals surface area contributed by atoms with Gasteiger partial charge < -0.3 is 5.32 Å². The molecule has 16 heavy (non-hydrogen) atoms. The maximum Gasteiger partial charge on any atom is 0.00854 e. The largest absolute Gasteiger partial charge is 0.316 e. The smallest absolute Gasteiger partial charge is 0.00854 e. The minimum Gasteiger partial charge on any atom is -0.316 e. The van der Waals surface area contributed by atoms with Crippen molar-refractivity contribution in [2.45, 2.75) is 39.0 Å². The molecule has 0 unspecified atom stereocenters. The van der Waals surface area contributed by atoms with Crippen LogP contribution in [0.15, 0.2) is 24.3 Å². The molecule has 1 N–H and O–H groups in total. The van der Waals surface area contributed by atoms with Gasteiger partial charge in [0.15, 0.2) is 0 Å². The Balaban J connectivity index is 2.23. The lowest BCUT2D eigenvalue weighted by molar-refractivity contribution is 0.152. The molecular weight excluding hydrogens is 194 g/mol. The van der Waals surface area contributed by atoms with E-state index in [1.165, 1.54) is 18.4 Å². The van der Waals surface area contributed by atoms with Crippen molar-refractivity contribution >= 4 is 0 Å². The van der Waals surface area contributed by atoms with Crippen LogP contribution in [-0.2, 0) is 5.41 Å². The van der Waals surface area contributed by atoms with Gasteiger partial charge in [-0.15, -0.1) is 0 Å². The van der Waals surface area contributed by atoms with Gasteiger partial charge in [0.25, 0.3) is 0 Å². The fraction of sp³-hybridized carbons (Fsp3) is 0.600. The highest BCUT2D eigenvalue weighted by molar-refractivity contribution is 5.36. The number of aryl methyl sites for hydroxylation is 1. The number of hydrogen-bond acceptors (Lipinski definition) is 1. The van der Waals surface area contributed by atoms with Crippen LogP contribution in [0.1, 0.15) is 37.8 Å². The Kier molecular flexibility index (Phi) is 3.34. The normalized spacial score (nSPS) is 28.8.